The molecule has 0 bridgehead atoms. The highest BCUT2D eigenvalue weighted by atomic mass is 16.5. The lowest BCUT2D eigenvalue weighted by atomic mass is 9.88. The van der Waals surface area contributed by atoms with E-state index in [1.54, 1.807) is 4.90 Å². The minimum Gasteiger partial charge on any atom is -0.479 e. The van der Waals surface area contributed by atoms with Crippen molar-refractivity contribution in [2.24, 2.45) is 5.41 Å². The second-order valence-corrected chi connectivity index (χ2v) is 4.69. The molecule has 1 unspecified atom stereocenters. The van der Waals surface area contributed by atoms with Gasteiger partial charge in [-0.25, -0.2) is 4.79 Å². The van der Waals surface area contributed by atoms with Crippen LogP contribution < -0.4 is 0 Å². The predicted octanol–water partition coefficient (Wildman–Crippen LogP) is 0.735. The van der Waals surface area contributed by atoms with Crippen molar-refractivity contribution in [2.45, 2.75) is 33.3 Å². The fourth-order valence-electron chi connectivity index (χ4n) is 1.56. The Labute approximate surface area is 95.4 Å². The minimum atomic E-state index is -1.01. The Balaban J connectivity index is 2.67. The number of hydrogen-bond acceptors (Lipinski definition) is 3. The normalized spacial score (nSPS) is 21.9. The molecule has 1 atom stereocenters. The fourth-order valence-corrected chi connectivity index (χ4v) is 1.56. The molecule has 1 aliphatic heterocycles. The van der Waals surface area contributed by atoms with Crippen LogP contribution in [-0.2, 0) is 14.3 Å². The van der Waals surface area contributed by atoms with Gasteiger partial charge in [0.05, 0.1) is 13.2 Å². The highest BCUT2D eigenvalue weighted by Crippen LogP contribution is 2.24. The molecule has 5 nitrogen and oxygen atoms in total. The van der Waals surface area contributed by atoms with Crippen LogP contribution in [-0.4, -0.2) is 47.7 Å². The lowest BCUT2D eigenvalue weighted by molar-refractivity contribution is -0.162. The van der Waals surface area contributed by atoms with E-state index in [9.17, 15) is 9.59 Å². The molecule has 0 aromatic carbocycles. The Bertz CT molecular complexity index is 288. The maximum atomic E-state index is 12.1. The van der Waals surface area contributed by atoms with Crippen LogP contribution in [0.5, 0.6) is 0 Å². The molecule has 92 valence electrons. The number of carbonyl (C=O) groups excluding carboxylic acids is 1. The van der Waals surface area contributed by atoms with Gasteiger partial charge in [0.15, 0.2) is 6.10 Å². The Morgan fingerprint density at radius 3 is 2.62 bits per heavy atom. The number of carboxylic acids is 1. The molecule has 0 radical (unpaired) electrons. The minimum absolute atomic E-state index is 0.00421. The number of carbonyl (C=O) groups is 2. The molecule has 1 rings (SSSR count). The van der Waals surface area contributed by atoms with E-state index in [0.717, 1.165) is 6.42 Å². The zero-order valence-corrected chi connectivity index (χ0v) is 10.0. The molecule has 1 fully saturated rings. The Morgan fingerprint density at radius 1 is 1.50 bits per heavy atom. The first-order valence-electron chi connectivity index (χ1n) is 5.52. The van der Waals surface area contributed by atoms with E-state index in [2.05, 4.69) is 0 Å². The molecule has 0 aliphatic carbocycles. The highest BCUT2D eigenvalue weighted by Gasteiger charge is 2.35. The first-order valence-corrected chi connectivity index (χ1v) is 5.52. The van der Waals surface area contributed by atoms with Crippen LogP contribution in [0.4, 0.5) is 0 Å². The summed E-state index contributed by atoms with van der Waals surface area (Å²) >= 11 is 0. The largest absolute Gasteiger partial charge is 0.479 e. The van der Waals surface area contributed by atoms with Gasteiger partial charge in [-0.15, -0.1) is 0 Å². The predicted molar refractivity (Wildman–Crippen MR) is 58.0 cm³/mol. The Kier molecular flexibility index (Phi) is 3.91. The summed E-state index contributed by atoms with van der Waals surface area (Å²) in [4.78, 5) is 24.5. The summed E-state index contributed by atoms with van der Waals surface area (Å²) < 4.78 is 5.07. The van der Waals surface area contributed by atoms with E-state index in [-0.39, 0.29) is 12.5 Å². The number of nitrogens with zero attached hydrogens (tertiary/aromatic N) is 1. The smallest absolute Gasteiger partial charge is 0.334 e. The molecule has 1 saturated heterocycles. The van der Waals surface area contributed by atoms with Crippen LogP contribution in [0.25, 0.3) is 0 Å². The topological polar surface area (TPSA) is 66.8 Å². The fraction of sp³-hybridized carbons (Fsp3) is 0.818. The van der Waals surface area contributed by atoms with E-state index in [4.69, 9.17) is 9.84 Å². The van der Waals surface area contributed by atoms with E-state index in [1.165, 1.54) is 0 Å². The molecule has 0 saturated carbocycles. The monoisotopic (exact) mass is 229 g/mol. The van der Waals surface area contributed by atoms with Crippen molar-refractivity contribution < 1.29 is 19.4 Å². The number of rotatable bonds is 3. The van der Waals surface area contributed by atoms with Gasteiger partial charge in [-0.3, -0.25) is 4.79 Å². The van der Waals surface area contributed by atoms with Gasteiger partial charge in [-0.2, -0.15) is 0 Å². The lowest BCUT2D eigenvalue weighted by Gasteiger charge is -2.36. The molecule has 16 heavy (non-hydrogen) atoms. The van der Waals surface area contributed by atoms with Crippen LogP contribution in [0.1, 0.15) is 27.2 Å². The molecule has 0 aromatic heterocycles. The molecular formula is C11H19NO4. The zero-order valence-electron chi connectivity index (χ0n) is 10.0. The Hall–Kier alpha value is -1.10. The summed E-state index contributed by atoms with van der Waals surface area (Å²) in [6.45, 7) is 6.63. The number of hydrogen-bond donors (Lipinski definition) is 1. The molecule has 0 aromatic rings. The summed E-state index contributed by atoms with van der Waals surface area (Å²) in [6.07, 6.45) is -0.147. The van der Waals surface area contributed by atoms with E-state index in [1.807, 2.05) is 20.8 Å². The molecule has 1 amide bonds. The van der Waals surface area contributed by atoms with Crippen molar-refractivity contribution in [3.63, 3.8) is 0 Å². The van der Waals surface area contributed by atoms with Crippen LogP contribution in [0.3, 0.4) is 0 Å². The second-order valence-electron chi connectivity index (χ2n) is 4.69. The number of aliphatic carboxylic acids is 1. The van der Waals surface area contributed by atoms with Gasteiger partial charge in [-0.1, -0.05) is 20.8 Å². The first kappa shape index (κ1) is 13.0. The average molecular weight is 229 g/mol. The van der Waals surface area contributed by atoms with Gasteiger partial charge in [0, 0.05) is 12.0 Å². The van der Waals surface area contributed by atoms with Crippen molar-refractivity contribution in [2.75, 3.05) is 19.7 Å². The lowest BCUT2D eigenvalue weighted by Crippen LogP contribution is -2.52. The van der Waals surface area contributed by atoms with Crippen molar-refractivity contribution in [3.05, 3.63) is 0 Å². The number of carboxylic acid groups (broad SMARTS) is 1. The maximum absolute atomic E-state index is 12.1. The maximum Gasteiger partial charge on any atom is 0.334 e. The summed E-state index contributed by atoms with van der Waals surface area (Å²) in [7, 11) is 0. The van der Waals surface area contributed by atoms with E-state index < -0.39 is 17.5 Å². The summed E-state index contributed by atoms with van der Waals surface area (Å²) in [6, 6.07) is 0. The summed E-state index contributed by atoms with van der Waals surface area (Å²) in [5, 5.41) is 8.83. The van der Waals surface area contributed by atoms with Crippen molar-refractivity contribution in [3.8, 4) is 0 Å². The van der Waals surface area contributed by atoms with Crippen LogP contribution >= 0.6 is 0 Å². The molecule has 0 spiro atoms. The first-order chi connectivity index (χ1) is 7.38. The molecule has 1 N–H and O–H groups in total. The molecule has 5 heteroatoms. The molecule has 1 heterocycles. The van der Waals surface area contributed by atoms with Crippen molar-refractivity contribution >= 4 is 11.9 Å². The zero-order chi connectivity index (χ0) is 12.3. The van der Waals surface area contributed by atoms with E-state index in [0.29, 0.717) is 13.2 Å². The highest BCUT2D eigenvalue weighted by molar-refractivity contribution is 5.83. The van der Waals surface area contributed by atoms with Crippen molar-refractivity contribution in [1.29, 1.82) is 0 Å². The van der Waals surface area contributed by atoms with Gasteiger partial charge < -0.3 is 14.7 Å². The molecular weight excluding hydrogens is 210 g/mol. The van der Waals surface area contributed by atoms with Crippen LogP contribution in [0.15, 0.2) is 0 Å². The van der Waals surface area contributed by atoms with Crippen LogP contribution in [0.2, 0.25) is 0 Å². The van der Waals surface area contributed by atoms with E-state index >= 15 is 0 Å². The van der Waals surface area contributed by atoms with Crippen LogP contribution in [0, 0.1) is 5.41 Å². The van der Waals surface area contributed by atoms with Gasteiger partial charge in [0.1, 0.15) is 0 Å². The number of morpholine rings is 1. The van der Waals surface area contributed by atoms with Gasteiger partial charge >= 0.3 is 5.97 Å². The summed E-state index contributed by atoms with van der Waals surface area (Å²) in [5.74, 6) is -1.00. The standard InChI is InChI=1S/C11H19NO4/c1-4-11(2,3)10(15)12-5-6-16-8(7-12)9(13)14/h8H,4-7H2,1-3H3,(H,13,14). The number of amides is 1. The third-order valence-electron chi connectivity index (χ3n) is 3.09. The Morgan fingerprint density at radius 2 is 2.12 bits per heavy atom. The molecule has 1 aliphatic rings. The average Bonchev–Trinajstić information content (AvgIpc) is 2.28. The van der Waals surface area contributed by atoms with Gasteiger partial charge in [0.25, 0.3) is 0 Å². The third kappa shape index (κ3) is 2.72. The second kappa shape index (κ2) is 4.82. The summed E-state index contributed by atoms with van der Waals surface area (Å²) in [5.41, 5.74) is -0.430. The van der Waals surface area contributed by atoms with Gasteiger partial charge in [-0.05, 0) is 6.42 Å². The van der Waals surface area contributed by atoms with Gasteiger partial charge in [0.2, 0.25) is 5.91 Å². The third-order valence-corrected chi connectivity index (χ3v) is 3.09. The quantitative estimate of drug-likeness (QED) is 0.775. The SMILES string of the molecule is CCC(C)(C)C(=O)N1CCOC(C(=O)O)C1. The number of ether oxygens (including phenoxy) is 1. The van der Waals surface area contributed by atoms with Crippen molar-refractivity contribution in [1.82, 2.24) is 4.90 Å².